The average Bonchev–Trinajstić information content (AvgIpc) is 3.00. The van der Waals surface area contributed by atoms with E-state index in [1.807, 2.05) is 25.1 Å². The van der Waals surface area contributed by atoms with Crippen molar-refractivity contribution < 1.29 is 4.74 Å². The molecule has 1 atom stereocenters. The zero-order valence-electron chi connectivity index (χ0n) is 9.71. The molecule has 0 spiro atoms. The van der Waals surface area contributed by atoms with Crippen molar-refractivity contribution in [1.82, 2.24) is 20.2 Å². The topological polar surface area (TPSA) is 52.8 Å². The first-order chi connectivity index (χ1) is 8.33. The summed E-state index contributed by atoms with van der Waals surface area (Å²) in [7, 11) is 0. The van der Waals surface area contributed by atoms with Crippen LogP contribution in [0.4, 0.5) is 0 Å². The van der Waals surface area contributed by atoms with Gasteiger partial charge in [0, 0.05) is 12.2 Å². The first-order valence-electron chi connectivity index (χ1n) is 5.81. The van der Waals surface area contributed by atoms with Crippen LogP contribution >= 0.6 is 0 Å². The highest BCUT2D eigenvalue weighted by Gasteiger charge is 2.20. The Labute approximate surface area is 99.4 Å². The SMILES string of the molecule is Cc1cccc(-c2nnn(C3CCCO3)n2)c1. The maximum Gasteiger partial charge on any atom is 0.205 e. The Morgan fingerprint density at radius 2 is 2.35 bits per heavy atom. The zero-order valence-corrected chi connectivity index (χ0v) is 9.71. The number of benzene rings is 1. The Morgan fingerprint density at radius 1 is 1.41 bits per heavy atom. The van der Waals surface area contributed by atoms with E-state index < -0.39 is 0 Å². The minimum Gasteiger partial charge on any atom is -0.355 e. The lowest BCUT2D eigenvalue weighted by atomic mass is 10.1. The van der Waals surface area contributed by atoms with Crippen LogP contribution in [0.25, 0.3) is 11.4 Å². The van der Waals surface area contributed by atoms with Crippen LogP contribution in [0, 0.1) is 6.92 Å². The number of rotatable bonds is 2. The standard InChI is InChI=1S/C12H14N4O/c1-9-4-2-5-10(8-9)12-13-15-16(14-12)11-6-3-7-17-11/h2,4-5,8,11H,3,6-7H2,1H3. The molecule has 5 heteroatoms. The molecule has 1 aliphatic rings. The Bertz CT molecular complexity index is 517. The van der Waals surface area contributed by atoms with Crippen LogP contribution in [-0.2, 0) is 4.74 Å². The van der Waals surface area contributed by atoms with Gasteiger partial charge in [-0.1, -0.05) is 23.8 Å². The van der Waals surface area contributed by atoms with E-state index >= 15 is 0 Å². The number of nitrogens with zero attached hydrogens (tertiary/aromatic N) is 4. The number of aryl methyl sites for hydroxylation is 1. The molecule has 1 aromatic carbocycles. The second-order valence-corrected chi connectivity index (χ2v) is 4.27. The van der Waals surface area contributed by atoms with Gasteiger partial charge in [-0.15, -0.1) is 15.0 Å². The highest BCUT2D eigenvalue weighted by Crippen LogP contribution is 2.22. The predicted octanol–water partition coefficient (Wildman–Crippen LogP) is 1.96. The molecule has 0 aliphatic carbocycles. The van der Waals surface area contributed by atoms with Gasteiger partial charge in [0.05, 0.1) is 0 Å². The maximum atomic E-state index is 5.51. The third kappa shape index (κ3) is 2.06. The maximum absolute atomic E-state index is 5.51. The summed E-state index contributed by atoms with van der Waals surface area (Å²) in [5.41, 5.74) is 2.19. The van der Waals surface area contributed by atoms with E-state index in [0.29, 0.717) is 5.82 Å². The van der Waals surface area contributed by atoms with Gasteiger partial charge in [0.25, 0.3) is 0 Å². The van der Waals surface area contributed by atoms with Crippen LogP contribution < -0.4 is 0 Å². The van der Waals surface area contributed by atoms with Gasteiger partial charge in [0.15, 0.2) is 6.23 Å². The summed E-state index contributed by atoms with van der Waals surface area (Å²) < 4.78 is 5.51. The van der Waals surface area contributed by atoms with Crippen molar-refractivity contribution in [2.45, 2.75) is 26.0 Å². The molecule has 1 aromatic heterocycles. The molecule has 5 nitrogen and oxygen atoms in total. The van der Waals surface area contributed by atoms with Gasteiger partial charge >= 0.3 is 0 Å². The highest BCUT2D eigenvalue weighted by atomic mass is 16.5. The van der Waals surface area contributed by atoms with E-state index in [4.69, 9.17) is 4.74 Å². The number of hydrogen-bond donors (Lipinski definition) is 0. The first kappa shape index (κ1) is 10.4. The summed E-state index contributed by atoms with van der Waals surface area (Å²) in [6.45, 7) is 2.83. The van der Waals surface area contributed by atoms with E-state index in [2.05, 4.69) is 21.5 Å². The van der Waals surface area contributed by atoms with Gasteiger partial charge in [0.1, 0.15) is 0 Å². The minimum absolute atomic E-state index is 0.0407. The molecule has 0 radical (unpaired) electrons. The van der Waals surface area contributed by atoms with Crippen molar-refractivity contribution in [1.29, 1.82) is 0 Å². The lowest BCUT2D eigenvalue weighted by Crippen LogP contribution is -2.10. The van der Waals surface area contributed by atoms with Crippen molar-refractivity contribution in [3.63, 3.8) is 0 Å². The third-order valence-electron chi connectivity index (χ3n) is 2.87. The third-order valence-corrected chi connectivity index (χ3v) is 2.87. The molecule has 17 heavy (non-hydrogen) atoms. The second kappa shape index (κ2) is 4.25. The van der Waals surface area contributed by atoms with Gasteiger partial charge in [-0.3, -0.25) is 0 Å². The minimum atomic E-state index is -0.0407. The molecule has 2 heterocycles. The van der Waals surface area contributed by atoms with Crippen LogP contribution in [-0.4, -0.2) is 26.8 Å². The lowest BCUT2D eigenvalue weighted by Gasteiger charge is -2.05. The van der Waals surface area contributed by atoms with Crippen LogP contribution in [0.15, 0.2) is 24.3 Å². The molecule has 1 fully saturated rings. The monoisotopic (exact) mass is 230 g/mol. The number of aromatic nitrogens is 4. The molecular weight excluding hydrogens is 216 g/mol. The fraction of sp³-hybridized carbons (Fsp3) is 0.417. The molecule has 3 rings (SSSR count). The smallest absolute Gasteiger partial charge is 0.205 e. The van der Waals surface area contributed by atoms with Gasteiger partial charge < -0.3 is 4.74 Å². The molecule has 0 amide bonds. The van der Waals surface area contributed by atoms with E-state index in [1.54, 1.807) is 4.80 Å². The highest BCUT2D eigenvalue weighted by molar-refractivity contribution is 5.54. The molecule has 88 valence electrons. The lowest BCUT2D eigenvalue weighted by molar-refractivity contribution is 0.0342. The molecule has 1 saturated heterocycles. The molecule has 0 saturated carbocycles. The number of tetrazole rings is 1. The molecule has 0 bridgehead atoms. The summed E-state index contributed by atoms with van der Waals surface area (Å²) in [5.74, 6) is 0.657. The van der Waals surface area contributed by atoms with Crippen LogP contribution in [0.2, 0.25) is 0 Å². The number of hydrogen-bond acceptors (Lipinski definition) is 4. The fourth-order valence-corrected chi connectivity index (χ4v) is 1.99. The van der Waals surface area contributed by atoms with Crippen LogP contribution in [0.1, 0.15) is 24.6 Å². The molecule has 1 aliphatic heterocycles. The molecule has 2 aromatic rings. The van der Waals surface area contributed by atoms with Crippen molar-refractivity contribution in [2.75, 3.05) is 6.61 Å². The van der Waals surface area contributed by atoms with Crippen molar-refractivity contribution in [3.05, 3.63) is 29.8 Å². The molecular formula is C12H14N4O. The van der Waals surface area contributed by atoms with E-state index in [1.165, 1.54) is 5.56 Å². The molecule has 1 unspecified atom stereocenters. The largest absolute Gasteiger partial charge is 0.355 e. The quantitative estimate of drug-likeness (QED) is 0.791. The summed E-state index contributed by atoms with van der Waals surface area (Å²) >= 11 is 0. The van der Waals surface area contributed by atoms with Gasteiger partial charge in [-0.2, -0.15) is 0 Å². The van der Waals surface area contributed by atoms with Gasteiger partial charge in [-0.05, 0) is 31.0 Å². The Balaban J connectivity index is 1.89. The van der Waals surface area contributed by atoms with Gasteiger partial charge in [0.2, 0.25) is 5.82 Å². The summed E-state index contributed by atoms with van der Waals surface area (Å²) in [6.07, 6.45) is 1.98. The Morgan fingerprint density at radius 3 is 3.12 bits per heavy atom. The van der Waals surface area contributed by atoms with Crippen molar-refractivity contribution in [3.8, 4) is 11.4 Å². The van der Waals surface area contributed by atoms with E-state index in [-0.39, 0.29) is 6.23 Å². The Hall–Kier alpha value is -1.75. The van der Waals surface area contributed by atoms with E-state index in [9.17, 15) is 0 Å². The normalized spacial score (nSPS) is 19.7. The number of ether oxygens (including phenoxy) is 1. The van der Waals surface area contributed by atoms with Crippen LogP contribution in [0.3, 0.4) is 0 Å². The van der Waals surface area contributed by atoms with Crippen LogP contribution in [0.5, 0.6) is 0 Å². The van der Waals surface area contributed by atoms with Crippen molar-refractivity contribution >= 4 is 0 Å². The Kier molecular flexibility index (Phi) is 2.60. The average molecular weight is 230 g/mol. The first-order valence-corrected chi connectivity index (χ1v) is 5.81. The summed E-state index contributed by atoms with van der Waals surface area (Å²) in [6, 6.07) is 8.09. The van der Waals surface area contributed by atoms with Gasteiger partial charge in [-0.25, -0.2) is 0 Å². The summed E-state index contributed by atoms with van der Waals surface area (Å²) in [4.78, 5) is 1.57. The fourth-order valence-electron chi connectivity index (χ4n) is 1.99. The zero-order chi connectivity index (χ0) is 11.7. The predicted molar refractivity (Wildman–Crippen MR) is 62.2 cm³/mol. The molecule has 0 N–H and O–H groups in total. The van der Waals surface area contributed by atoms with Crippen molar-refractivity contribution in [2.24, 2.45) is 0 Å². The van der Waals surface area contributed by atoms with E-state index in [0.717, 1.165) is 25.0 Å². The summed E-state index contributed by atoms with van der Waals surface area (Å²) in [5, 5.41) is 12.5. The second-order valence-electron chi connectivity index (χ2n) is 4.27.